The highest BCUT2D eigenvalue weighted by atomic mass is 19.3. The third-order valence-electron chi connectivity index (χ3n) is 7.73. The molecule has 2 aromatic heterocycles. The summed E-state index contributed by atoms with van der Waals surface area (Å²) in [5.74, 6) is -13.8. The number of amides is 2. The van der Waals surface area contributed by atoms with Crippen molar-refractivity contribution in [3.8, 4) is 11.1 Å². The summed E-state index contributed by atoms with van der Waals surface area (Å²) in [7, 11) is 0. The van der Waals surface area contributed by atoms with Crippen LogP contribution >= 0.6 is 0 Å². The Morgan fingerprint density at radius 1 is 0.980 bits per heavy atom. The summed E-state index contributed by atoms with van der Waals surface area (Å²) < 4.78 is 130. The van der Waals surface area contributed by atoms with E-state index in [4.69, 9.17) is 5.73 Å². The van der Waals surface area contributed by atoms with Gasteiger partial charge < -0.3 is 21.5 Å². The Morgan fingerprint density at radius 3 is 2.30 bits per heavy atom. The first-order valence-corrected chi connectivity index (χ1v) is 14.7. The number of aromatic nitrogens is 4. The molecule has 0 saturated heterocycles. The molecule has 0 unspecified atom stereocenters. The van der Waals surface area contributed by atoms with Gasteiger partial charge in [-0.15, -0.1) is 0 Å². The van der Waals surface area contributed by atoms with Crippen molar-refractivity contribution in [3.63, 3.8) is 0 Å². The molecule has 2 heterocycles. The molecule has 19 heteroatoms. The minimum Gasteiger partial charge on any atom is -0.395 e. The maximum Gasteiger partial charge on any atom is 0.290 e. The quantitative estimate of drug-likeness (QED) is 0.146. The second-order valence-corrected chi connectivity index (χ2v) is 11.3. The molecule has 0 radical (unpaired) electrons. The summed E-state index contributed by atoms with van der Waals surface area (Å²) >= 11 is 0. The summed E-state index contributed by atoms with van der Waals surface area (Å²) in [6.45, 7) is -1.75. The van der Waals surface area contributed by atoms with Crippen molar-refractivity contribution in [2.24, 2.45) is 5.73 Å². The molecular weight excluding hydrogens is 689 g/mol. The Hall–Kier alpha value is -5.20. The third kappa shape index (κ3) is 7.51. The van der Waals surface area contributed by atoms with Crippen molar-refractivity contribution in [3.05, 3.63) is 93.8 Å². The molecule has 4 aromatic rings. The van der Waals surface area contributed by atoms with Gasteiger partial charge in [0.1, 0.15) is 35.4 Å². The number of fused-ring (bicyclic) bond motifs is 1. The Labute approximate surface area is 276 Å². The van der Waals surface area contributed by atoms with E-state index in [0.717, 1.165) is 30.5 Å². The highest BCUT2D eigenvalue weighted by Gasteiger charge is 2.55. The zero-order chi connectivity index (χ0) is 36.5. The van der Waals surface area contributed by atoms with Crippen LogP contribution < -0.4 is 16.4 Å². The number of alkyl halides is 6. The van der Waals surface area contributed by atoms with Crippen molar-refractivity contribution in [1.82, 2.24) is 25.1 Å². The highest BCUT2D eigenvalue weighted by Crippen LogP contribution is 2.52. The number of benzene rings is 2. The zero-order valence-corrected chi connectivity index (χ0v) is 25.5. The summed E-state index contributed by atoms with van der Waals surface area (Å²) in [5, 5.41) is 17.6. The van der Waals surface area contributed by atoms with Crippen LogP contribution in [0.2, 0.25) is 0 Å². The lowest BCUT2D eigenvalue weighted by Crippen LogP contribution is -2.37. The molecular formula is C31H26F9N7O3. The molecule has 266 valence electrons. The summed E-state index contributed by atoms with van der Waals surface area (Å²) in [5.41, 5.74) is -0.342. The number of nitrogens with one attached hydrogen (secondary N) is 2. The van der Waals surface area contributed by atoms with Crippen LogP contribution in [0.4, 0.5) is 45.5 Å². The van der Waals surface area contributed by atoms with Gasteiger partial charge in [-0.05, 0) is 41.8 Å². The first-order valence-electron chi connectivity index (χ1n) is 14.7. The van der Waals surface area contributed by atoms with Crippen molar-refractivity contribution in [2.75, 3.05) is 18.5 Å². The van der Waals surface area contributed by atoms with Crippen LogP contribution in [0.1, 0.15) is 63.9 Å². The normalized spacial score (nSPS) is 15.4. The Morgan fingerprint density at radius 2 is 1.66 bits per heavy atom. The van der Waals surface area contributed by atoms with E-state index in [9.17, 15) is 54.2 Å². The lowest BCUT2D eigenvalue weighted by atomic mass is 9.89. The maximum atomic E-state index is 15.0. The van der Waals surface area contributed by atoms with Gasteiger partial charge in [0.2, 0.25) is 11.9 Å². The number of halogens is 9. The topological polar surface area (TPSA) is 148 Å². The van der Waals surface area contributed by atoms with Gasteiger partial charge in [-0.3, -0.25) is 14.3 Å². The number of rotatable bonds is 12. The molecule has 2 amide bonds. The minimum atomic E-state index is -4.10. The molecule has 0 saturated carbocycles. The van der Waals surface area contributed by atoms with Crippen molar-refractivity contribution in [1.29, 1.82) is 0 Å². The molecule has 50 heavy (non-hydrogen) atoms. The number of hydrogen-bond donors (Lipinski definition) is 4. The SMILES string of the molecule is NC(=O)c1cc(-c2cnc(NCCO)nc2[C@H](Cc2cc(F)cc(F)c2)NC(=O)Cn2nc(C(F)F)c3c2C(F)(F)CCC3(F)F)ccc1F. The Balaban J connectivity index is 1.62. The van der Waals surface area contributed by atoms with Crippen LogP contribution in [-0.2, 0) is 29.6 Å². The number of nitrogens with zero attached hydrogens (tertiary/aromatic N) is 4. The molecule has 1 aliphatic carbocycles. The third-order valence-corrected chi connectivity index (χ3v) is 7.73. The standard InChI is InChI=1S/C31H26F9N7O3/c32-16-7-14(8-17(33)11-16)9-21(24-19(12-43-29(45-24)42-5-6-48)15-1-2-20(34)18(10-15)28(41)50)44-22(49)13-47-26-23(25(46-47)27(35)36)30(37,38)3-4-31(26,39)40/h1-2,7-8,10-12,21,27,48H,3-6,9,13H2,(H2,41,50)(H,44,49)(H,42,43,45)/t21-/m0/s1. The van der Waals surface area contributed by atoms with E-state index >= 15 is 0 Å². The molecule has 0 bridgehead atoms. The van der Waals surface area contributed by atoms with E-state index in [2.05, 4.69) is 25.7 Å². The summed E-state index contributed by atoms with van der Waals surface area (Å²) in [4.78, 5) is 33.8. The average Bonchev–Trinajstić information content (AvgIpc) is 3.43. The fourth-order valence-corrected chi connectivity index (χ4v) is 5.61. The summed E-state index contributed by atoms with van der Waals surface area (Å²) in [6, 6.07) is 4.00. The monoisotopic (exact) mass is 715 g/mol. The van der Waals surface area contributed by atoms with E-state index in [1.165, 1.54) is 6.07 Å². The molecule has 1 atom stereocenters. The van der Waals surface area contributed by atoms with E-state index in [0.29, 0.717) is 6.07 Å². The van der Waals surface area contributed by atoms with E-state index in [-0.39, 0.29) is 46.2 Å². The molecule has 0 spiro atoms. The van der Waals surface area contributed by atoms with Gasteiger partial charge in [0.25, 0.3) is 24.2 Å². The van der Waals surface area contributed by atoms with Gasteiger partial charge >= 0.3 is 0 Å². The number of primary amides is 1. The minimum absolute atomic E-state index is 0.00754. The number of nitrogens with two attached hydrogens (primary N) is 1. The largest absolute Gasteiger partial charge is 0.395 e. The van der Waals surface area contributed by atoms with Gasteiger partial charge in [0.15, 0.2) is 0 Å². The fraction of sp³-hybridized carbons (Fsp3) is 0.323. The van der Waals surface area contributed by atoms with Crippen LogP contribution in [0.15, 0.2) is 42.6 Å². The maximum absolute atomic E-state index is 15.0. The van der Waals surface area contributed by atoms with Gasteiger partial charge in [-0.1, -0.05) is 6.07 Å². The first-order chi connectivity index (χ1) is 23.5. The van der Waals surface area contributed by atoms with Crippen molar-refractivity contribution >= 4 is 17.8 Å². The molecule has 5 rings (SSSR count). The highest BCUT2D eigenvalue weighted by molar-refractivity contribution is 5.94. The first kappa shape index (κ1) is 36.1. The van der Waals surface area contributed by atoms with Gasteiger partial charge in [0, 0.05) is 37.2 Å². The van der Waals surface area contributed by atoms with Crippen LogP contribution in [-0.4, -0.2) is 49.8 Å². The van der Waals surface area contributed by atoms with E-state index in [1.807, 2.05) is 0 Å². The van der Waals surface area contributed by atoms with E-state index < -0.39 is 102 Å². The van der Waals surface area contributed by atoms with E-state index in [1.54, 1.807) is 0 Å². The predicted octanol–water partition coefficient (Wildman–Crippen LogP) is 5.28. The second kappa shape index (κ2) is 14.0. The summed E-state index contributed by atoms with van der Waals surface area (Å²) in [6.07, 6.45) is -5.89. The molecule has 5 N–H and O–H groups in total. The lowest BCUT2D eigenvalue weighted by Gasteiger charge is -2.29. The second-order valence-electron chi connectivity index (χ2n) is 11.3. The number of aliphatic hydroxyl groups excluding tert-OH is 1. The number of carbonyl (C=O) groups excluding carboxylic acids is 2. The van der Waals surface area contributed by atoms with Crippen LogP contribution in [0.3, 0.4) is 0 Å². The number of anilines is 1. The lowest BCUT2D eigenvalue weighted by molar-refractivity contribution is -0.123. The molecule has 2 aromatic carbocycles. The van der Waals surface area contributed by atoms with Crippen LogP contribution in [0.5, 0.6) is 0 Å². The smallest absolute Gasteiger partial charge is 0.290 e. The average molecular weight is 716 g/mol. The van der Waals surface area contributed by atoms with Crippen LogP contribution in [0.25, 0.3) is 11.1 Å². The van der Waals surface area contributed by atoms with Gasteiger partial charge in [-0.25, -0.2) is 40.7 Å². The zero-order valence-electron chi connectivity index (χ0n) is 25.5. The number of carbonyl (C=O) groups is 2. The molecule has 0 aliphatic heterocycles. The Kier molecular flexibility index (Phi) is 10.1. The number of hydrogen-bond acceptors (Lipinski definition) is 7. The van der Waals surface area contributed by atoms with Crippen molar-refractivity contribution in [2.45, 2.75) is 50.1 Å². The predicted molar refractivity (Wildman–Crippen MR) is 157 cm³/mol. The molecule has 1 aliphatic rings. The van der Waals surface area contributed by atoms with Gasteiger partial charge in [0.05, 0.1) is 29.5 Å². The van der Waals surface area contributed by atoms with Gasteiger partial charge in [-0.2, -0.15) is 13.9 Å². The molecule has 0 fully saturated rings. The van der Waals surface area contributed by atoms with Crippen LogP contribution in [0, 0.1) is 17.5 Å². The Bertz CT molecular complexity index is 1920. The molecule has 10 nitrogen and oxygen atoms in total. The number of aliphatic hydroxyl groups is 1. The fourth-order valence-electron chi connectivity index (χ4n) is 5.61. The van der Waals surface area contributed by atoms with Crippen molar-refractivity contribution < 1.29 is 54.2 Å².